The molecule has 166 valence electrons. The molecule has 1 saturated heterocycles. The summed E-state index contributed by atoms with van der Waals surface area (Å²) in [6.07, 6.45) is 0.650. The Kier molecular flexibility index (Phi) is 6.26. The van der Waals surface area contributed by atoms with Crippen molar-refractivity contribution in [3.63, 3.8) is 0 Å². The van der Waals surface area contributed by atoms with Crippen molar-refractivity contribution in [3.8, 4) is 17.1 Å². The number of nitrogens with one attached hydrogen (secondary N) is 1. The van der Waals surface area contributed by atoms with Gasteiger partial charge in [0.15, 0.2) is 11.0 Å². The summed E-state index contributed by atoms with van der Waals surface area (Å²) in [6.45, 7) is 5.83. The monoisotopic (exact) mass is 469 g/mol. The van der Waals surface area contributed by atoms with Gasteiger partial charge in [0, 0.05) is 28.6 Å². The molecule has 3 aromatic rings. The molecular weight excluding hydrogens is 446 g/mol. The second kappa shape index (κ2) is 8.96. The van der Waals surface area contributed by atoms with Crippen LogP contribution in [-0.2, 0) is 4.79 Å². The van der Waals surface area contributed by atoms with Crippen molar-refractivity contribution in [2.24, 2.45) is 0 Å². The SMILES string of the molecule is Cc1ccc(-n2c(SCCCN3C(=O)NC(C)(C)C3=O)nnc2-c2ccc(Cl)cc2)cc1. The summed E-state index contributed by atoms with van der Waals surface area (Å²) in [5, 5.41) is 13.0. The fraction of sp³-hybridized carbons (Fsp3) is 0.304. The molecule has 0 saturated carbocycles. The van der Waals surface area contributed by atoms with Gasteiger partial charge >= 0.3 is 6.03 Å². The number of benzene rings is 2. The van der Waals surface area contributed by atoms with Gasteiger partial charge in [-0.25, -0.2) is 4.79 Å². The third kappa shape index (κ3) is 4.52. The largest absolute Gasteiger partial charge is 0.325 e. The first-order valence-electron chi connectivity index (χ1n) is 10.3. The number of rotatable bonds is 7. The number of aromatic nitrogens is 3. The van der Waals surface area contributed by atoms with E-state index in [0.29, 0.717) is 23.7 Å². The Morgan fingerprint density at radius 3 is 2.34 bits per heavy atom. The molecule has 0 atom stereocenters. The van der Waals surface area contributed by atoms with Gasteiger partial charge in [0.2, 0.25) is 0 Å². The highest BCUT2D eigenvalue weighted by Gasteiger charge is 2.43. The summed E-state index contributed by atoms with van der Waals surface area (Å²) in [5.41, 5.74) is 2.20. The predicted octanol–water partition coefficient (Wildman–Crippen LogP) is 4.71. The maximum Gasteiger partial charge on any atom is 0.325 e. The molecule has 4 rings (SSSR count). The highest BCUT2D eigenvalue weighted by atomic mass is 35.5. The van der Waals surface area contributed by atoms with Gasteiger partial charge in [-0.1, -0.05) is 41.1 Å². The number of carbonyl (C=O) groups is 2. The lowest BCUT2D eigenvalue weighted by Gasteiger charge is -2.15. The first kappa shape index (κ1) is 22.4. The van der Waals surface area contributed by atoms with E-state index in [4.69, 9.17) is 11.6 Å². The first-order chi connectivity index (χ1) is 15.3. The van der Waals surface area contributed by atoms with Gasteiger partial charge in [0.1, 0.15) is 5.54 Å². The number of hydrogen-bond donors (Lipinski definition) is 1. The zero-order valence-electron chi connectivity index (χ0n) is 18.1. The Labute approximate surface area is 196 Å². The van der Waals surface area contributed by atoms with Crippen molar-refractivity contribution >= 4 is 35.3 Å². The summed E-state index contributed by atoms with van der Waals surface area (Å²) in [5.74, 6) is 1.21. The number of imide groups is 1. The number of aryl methyl sites for hydroxylation is 1. The highest BCUT2D eigenvalue weighted by Crippen LogP contribution is 2.29. The predicted molar refractivity (Wildman–Crippen MR) is 126 cm³/mol. The molecule has 1 fully saturated rings. The van der Waals surface area contributed by atoms with E-state index in [-0.39, 0.29) is 11.9 Å². The summed E-state index contributed by atoms with van der Waals surface area (Å²) >= 11 is 7.60. The van der Waals surface area contributed by atoms with Gasteiger partial charge < -0.3 is 5.32 Å². The molecule has 0 bridgehead atoms. The molecule has 32 heavy (non-hydrogen) atoms. The third-order valence-electron chi connectivity index (χ3n) is 5.23. The number of amides is 3. The fourth-order valence-electron chi connectivity index (χ4n) is 3.48. The molecule has 1 aliphatic heterocycles. The molecule has 1 aromatic heterocycles. The third-order valence-corrected chi connectivity index (χ3v) is 6.50. The smallest absolute Gasteiger partial charge is 0.324 e. The van der Waals surface area contributed by atoms with Gasteiger partial charge in [-0.05, 0) is 63.6 Å². The molecule has 1 N–H and O–H groups in total. The Morgan fingerprint density at radius 2 is 1.72 bits per heavy atom. The van der Waals surface area contributed by atoms with Crippen molar-refractivity contribution in [3.05, 3.63) is 59.1 Å². The molecule has 2 aromatic carbocycles. The summed E-state index contributed by atoms with van der Waals surface area (Å²) in [4.78, 5) is 25.7. The minimum absolute atomic E-state index is 0.194. The normalized spacial score (nSPS) is 15.3. The van der Waals surface area contributed by atoms with Crippen molar-refractivity contribution in [2.75, 3.05) is 12.3 Å². The van der Waals surface area contributed by atoms with E-state index in [9.17, 15) is 9.59 Å². The van der Waals surface area contributed by atoms with Crippen LogP contribution < -0.4 is 5.32 Å². The zero-order chi connectivity index (χ0) is 22.9. The molecule has 0 radical (unpaired) electrons. The molecule has 0 aliphatic carbocycles. The molecule has 7 nitrogen and oxygen atoms in total. The first-order valence-corrected chi connectivity index (χ1v) is 11.7. The average Bonchev–Trinajstić information content (AvgIpc) is 3.25. The van der Waals surface area contributed by atoms with Crippen LogP contribution in [0.1, 0.15) is 25.8 Å². The zero-order valence-corrected chi connectivity index (χ0v) is 19.7. The maximum atomic E-state index is 12.4. The number of carbonyl (C=O) groups excluding carboxylic acids is 2. The van der Waals surface area contributed by atoms with Crippen LogP contribution in [0.3, 0.4) is 0 Å². The molecule has 0 unspecified atom stereocenters. The molecular formula is C23H24ClN5O2S. The van der Waals surface area contributed by atoms with Crippen LogP contribution >= 0.6 is 23.4 Å². The van der Waals surface area contributed by atoms with Gasteiger partial charge in [-0.3, -0.25) is 14.3 Å². The highest BCUT2D eigenvalue weighted by molar-refractivity contribution is 7.99. The standard InChI is InChI=1S/C23H24ClN5O2S/c1-15-5-11-18(12-6-15)29-19(16-7-9-17(24)10-8-16)26-27-22(29)32-14-4-13-28-20(30)23(2,3)25-21(28)31/h5-12H,4,13-14H2,1-3H3,(H,25,31). The lowest BCUT2D eigenvalue weighted by molar-refractivity contribution is -0.130. The van der Waals surface area contributed by atoms with Gasteiger partial charge in [-0.15, -0.1) is 10.2 Å². The van der Waals surface area contributed by atoms with Crippen LogP contribution in [0.5, 0.6) is 0 Å². The molecule has 1 aliphatic rings. The summed E-state index contributed by atoms with van der Waals surface area (Å²) < 4.78 is 2.02. The Bertz CT molecular complexity index is 1140. The van der Waals surface area contributed by atoms with E-state index >= 15 is 0 Å². The maximum absolute atomic E-state index is 12.4. The Morgan fingerprint density at radius 1 is 1.03 bits per heavy atom. The van der Waals surface area contributed by atoms with E-state index in [2.05, 4.69) is 27.6 Å². The molecule has 9 heteroatoms. The topological polar surface area (TPSA) is 80.1 Å². The van der Waals surface area contributed by atoms with E-state index in [1.165, 1.54) is 10.5 Å². The van der Waals surface area contributed by atoms with E-state index < -0.39 is 5.54 Å². The van der Waals surface area contributed by atoms with E-state index in [1.54, 1.807) is 25.6 Å². The van der Waals surface area contributed by atoms with Crippen LogP contribution in [0.2, 0.25) is 5.02 Å². The average molecular weight is 470 g/mol. The van der Waals surface area contributed by atoms with Gasteiger partial charge in [0.05, 0.1) is 0 Å². The van der Waals surface area contributed by atoms with Crippen LogP contribution in [0.25, 0.3) is 17.1 Å². The van der Waals surface area contributed by atoms with E-state index in [0.717, 1.165) is 22.2 Å². The second-order valence-corrected chi connectivity index (χ2v) is 9.70. The van der Waals surface area contributed by atoms with Crippen molar-refractivity contribution in [1.29, 1.82) is 0 Å². The van der Waals surface area contributed by atoms with Gasteiger partial charge in [0.25, 0.3) is 5.91 Å². The van der Waals surface area contributed by atoms with Crippen LogP contribution in [0.4, 0.5) is 4.79 Å². The second-order valence-electron chi connectivity index (χ2n) is 8.20. The fourth-order valence-corrected chi connectivity index (χ4v) is 4.48. The molecule has 0 spiro atoms. The summed E-state index contributed by atoms with van der Waals surface area (Å²) in [6, 6.07) is 15.3. The van der Waals surface area contributed by atoms with Crippen LogP contribution in [0.15, 0.2) is 53.7 Å². The van der Waals surface area contributed by atoms with Gasteiger partial charge in [-0.2, -0.15) is 0 Å². The van der Waals surface area contributed by atoms with Crippen molar-refractivity contribution < 1.29 is 9.59 Å². The van der Waals surface area contributed by atoms with Crippen LogP contribution in [-0.4, -0.2) is 49.4 Å². The molecule has 3 amide bonds. The number of hydrogen-bond acceptors (Lipinski definition) is 5. The Balaban J connectivity index is 1.52. The van der Waals surface area contributed by atoms with Crippen molar-refractivity contribution in [1.82, 2.24) is 25.0 Å². The Hall–Kier alpha value is -2.84. The summed E-state index contributed by atoms with van der Waals surface area (Å²) in [7, 11) is 0. The lowest BCUT2D eigenvalue weighted by Crippen LogP contribution is -2.40. The number of thioether (sulfide) groups is 1. The van der Waals surface area contributed by atoms with Crippen LogP contribution in [0, 0.1) is 6.92 Å². The number of urea groups is 1. The molecule has 2 heterocycles. The quantitative estimate of drug-likeness (QED) is 0.308. The number of nitrogens with zero attached hydrogens (tertiary/aromatic N) is 4. The minimum atomic E-state index is -0.844. The minimum Gasteiger partial charge on any atom is -0.324 e. The van der Waals surface area contributed by atoms with Crippen molar-refractivity contribution in [2.45, 2.75) is 37.9 Å². The van der Waals surface area contributed by atoms with E-state index in [1.807, 2.05) is 47.9 Å². The number of halogens is 1. The lowest BCUT2D eigenvalue weighted by atomic mass is 10.1.